The Morgan fingerprint density at radius 1 is 1.05 bits per heavy atom. The Morgan fingerprint density at radius 2 is 1.78 bits per heavy atom. The van der Waals surface area contributed by atoms with E-state index in [1.54, 1.807) is 22.0 Å². The number of hydrazine groups is 1. The van der Waals surface area contributed by atoms with Crippen molar-refractivity contribution in [1.29, 1.82) is 0 Å². The Kier molecular flexibility index (Phi) is 18.7. The predicted molar refractivity (Wildman–Crippen MR) is 160 cm³/mol. The van der Waals surface area contributed by atoms with E-state index in [0.29, 0.717) is 32.6 Å². The van der Waals surface area contributed by atoms with Gasteiger partial charge < -0.3 is 25.2 Å². The molecule has 1 aromatic carbocycles. The van der Waals surface area contributed by atoms with Crippen LogP contribution in [0.5, 0.6) is 0 Å². The fraction of sp³-hybridized carbons (Fsp3) is 0.600. The summed E-state index contributed by atoms with van der Waals surface area (Å²) in [5, 5.41) is 9.37. The number of fused-ring (bicyclic) bond motifs is 1. The van der Waals surface area contributed by atoms with Gasteiger partial charge in [0, 0.05) is 20.1 Å². The van der Waals surface area contributed by atoms with Crippen LogP contribution >= 0.6 is 0 Å². The number of nitrogens with one attached hydrogen (secondary N) is 2. The SMILES string of the molecule is C=CCOC=O.CCCCCCN1CC2N(C(=O)CN(C)N2C=O)[C@@H](CCCNC)C1=O.CNCc1ccccc1. The van der Waals surface area contributed by atoms with Gasteiger partial charge in [0.2, 0.25) is 18.2 Å². The fourth-order valence-electron chi connectivity index (χ4n) is 4.77. The van der Waals surface area contributed by atoms with Gasteiger partial charge in [0.25, 0.3) is 6.47 Å². The first-order valence-electron chi connectivity index (χ1n) is 14.4. The summed E-state index contributed by atoms with van der Waals surface area (Å²) >= 11 is 0. The molecule has 0 radical (unpaired) electrons. The van der Waals surface area contributed by atoms with Crippen molar-refractivity contribution in [3.05, 3.63) is 48.6 Å². The van der Waals surface area contributed by atoms with Crippen LogP contribution in [0.4, 0.5) is 0 Å². The van der Waals surface area contributed by atoms with Gasteiger partial charge in [0.15, 0.2) is 0 Å². The highest BCUT2D eigenvalue weighted by molar-refractivity contribution is 5.90. The molecule has 11 heteroatoms. The number of hydrogen-bond donors (Lipinski definition) is 2. The Bertz CT molecular complexity index is 895. The normalized spacial score (nSPS) is 18.4. The van der Waals surface area contributed by atoms with Gasteiger partial charge in [0.1, 0.15) is 18.8 Å². The summed E-state index contributed by atoms with van der Waals surface area (Å²) in [5.74, 6) is -0.0540. The largest absolute Gasteiger partial charge is 0.464 e. The number of benzene rings is 1. The molecule has 41 heavy (non-hydrogen) atoms. The molecule has 2 heterocycles. The first-order valence-corrected chi connectivity index (χ1v) is 14.4. The van der Waals surface area contributed by atoms with Gasteiger partial charge in [-0.1, -0.05) is 69.2 Å². The minimum Gasteiger partial charge on any atom is -0.464 e. The van der Waals surface area contributed by atoms with E-state index in [4.69, 9.17) is 0 Å². The molecule has 3 amide bonds. The lowest BCUT2D eigenvalue weighted by Gasteiger charge is -2.53. The summed E-state index contributed by atoms with van der Waals surface area (Å²) in [6.07, 6.45) is 7.65. The molecule has 230 valence electrons. The molecule has 2 atom stereocenters. The summed E-state index contributed by atoms with van der Waals surface area (Å²) in [4.78, 5) is 50.1. The number of unbranched alkanes of at least 4 members (excludes halogenated alkanes) is 3. The van der Waals surface area contributed by atoms with Gasteiger partial charge in [-0.25, -0.2) is 5.01 Å². The standard InChI is InChI=1S/C18H33N5O3.C8H11N.C4H6O2/c1-4-5-6-7-11-21-12-16-22(14-24)20(3)13-17(25)23(16)15(18(21)26)9-8-10-19-2;1-9-7-8-5-3-2-4-6-8;1-2-3-6-4-5/h14-16,19H,4-13H2,1-3H3;2-6,9H,7H2,1H3;2,4H,1,3H2/t15-,16?;;/m0../s1. The number of rotatable bonds is 15. The highest BCUT2D eigenvalue weighted by atomic mass is 16.5. The maximum Gasteiger partial charge on any atom is 0.293 e. The van der Waals surface area contributed by atoms with Crippen LogP contribution in [0.1, 0.15) is 51.0 Å². The van der Waals surface area contributed by atoms with Crippen molar-refractivity contribution < 1.29 is 23.9 Å². The third-order valence-electron chi connectivity index (χ3n) is 6.79. The Labute approximate surface area is 245 Å². The number of nitrogens with zero attached hydrogens (tertiary/aromatic N) is 4. The molecule has 3 rings (SSSR count). The van der Waals surface area contributed by atoms with E-state index in [1.165, 1.54) is 11.6 Å². The van der Waals surface area contributed by atoms with Gasteiger partial charge in [0.05, 0.1) is 13.1 Å². The minimum atomic E-state index is -0.475. The number of piperazine rings is 1. The van der Waals surface area contributed by atoms with Crippen molar-refractivity contribution in [2.45, 2.75) is 64.2 Å². The van der Waals surface area contributed by atoms with Crippen molar-refractivity contribution in [3.8, 4) is 0 Å². The number of carbonyl (C=O) groups is 4. The molecule has 2 aliphatic rings. The van der Waals surface area contributed by atoms with Crippen LogP contribution in [0.15, 0.2) is 43.0 Å². The monoisotopic (exact) mass is 574 g/mol. The van der Waals surface area contributed by atoms with Crippen LogP contribution in [-0.2, 0) is 30.5 Å². The van der Waals surface area contributed by atoms with Crippen molar-refractivity contribution in [1.82, 2.24) is 30.5 Å². The number of amides is 3. The summed E-state index contributed by atoms with van der Waals surface area (Å²) in [7, 11) is 5.56. The van der Waals surface area contributed by atoms with Gasteiger partial charge in [-0.2, -0.15) is 0 Å². The van der Waals surface area contributed by atoms with Gasteiger partial charge in [-0.15, -0.1) is 0 Å². The van der Waals surface area contributed by atoms with Crippen molar-refractivity contribution >= 4 is 24.7 Å². The quantitative estimate of drug-likeness (QED) is 0.186. The zero-order valence-electron chi connectivity index (χ0n) is 25.3. The van der Waals surface area contributed by atoms with Crippen molar-refractivity contribution in [2.24, 2.45) is 0 Å². The molecule has 2 saturated heterocycles. The predicted octanol–water partition coefficient (Wildman–Crippen LogP) is 2.00. The van der Waals surface area contributed by atoms with E-state index < -0.39 is 12.2 Å². The molecule has 2 aliphatic heterocycles. The zero-order chi connectivity index (χ0) is 30.5. The van der Waals surface area contributed by atoms with Crippen LogP contribution in [0.25, 0.3) is 0 Å². The second kappa shape index (κ2) is 21.5. The van der Waals surface area contributed by atoms with Gasteiger partial charge in [-0.05, 0) is 45.5 Å². The van der Waals surface area contributed by atoms with Gasteiger partial charge >= 0.3 is 0 Å². The van der Waals surface area contributed by atoms with Crippen LogP contribution in [0.3, 0.4) is 0 Å². The number of likely N-dealkylation sites (N-methyl/N-ethyl adjacent to an activating group) is 1. The first kappa shape index (κ1) is 35.7. The summed E-state index contributed by atoms with van der Waals surface area (Å²) < 4.78 is 4.18. The molecular formula is C30H50N6O5. The number of hydrogen-bond acceptors (Lipinski definition) is 8. The van der Waals surface area contributed by atoms with E-state index in [9.17, 15) is 19.2 Å². The van der Waals surface area contributed by atoms with Gasteiger partial charge in [-0.3, -0.25) is 24.2 Å². The smallest absolute Gasteiger partial charge is 0.293 e. The molecule has 0 aliphatic carbocycles. The molecule has 0 bridgehead atoms. The third kappa shape index (κ3) is 12.4. The Hall–Kier alpha value is -3.28. The topological polar surface area (TPSA) is 115 Å². The van der Waals surface area contributed by atoms with Crippen LogP contribution in [-0.4, -0.2) is 111 Å². The molecule has 0 spiro atoms. The van der Waals surface area contributed by atoms with Crippen LogP contribution in [0, 0.1) is 0 Å². The Balaban J connectivity index is 0.000000456. The molecule has 1 aromatic rings. The van der Waals surface area contributed by atoms with E-state index >= 15 is 0 Å². The van der Waals surface area contributed by atoms with E-state index in [2.05, 4.69) is 41.0 Å². The average molecular weight is 575 g/mol. The van der Waals surface area contributed by atoms with Crippen LogP contribution < -0.4 is 10.6 Å². The lowest BCUT2D eigenvalue weighted by atomic mass is 10.0. The average Bonchev–Trinajstić information content (AvgIpc) is 2.97. The maximum atomic E-state index is 13.1. The van der Waals surface area contributed by atoms with Crippen LogP contribution in [0.2, 0.25) is 0 Å². The minimum absolute atomic E-state index is 0.0256. The third-order valence-corrected chi connectivity index (χ3v) is 6.79. The summed E-state index contributed by atoms with van der Waals surface area (Å²) in [6, 6.07) is 9.86. The van der Waals surface area contributed by atoms with Crippen molar-refractivity contribution in [3.63, 3.8) is 0 Å². The summed E-state index contributed by atoms with van der Waals surface area (Å²) in [5.41, 5.74) is 1.33. The van der Waals surface area contributed by atoms with Crippen molar-refractivity contribution in [2.75, 3.05) is 53.9 Å². The molecule has 0 saturated carbocycles. The molecule has 1 unspecified atom stereocenters. The molecule has 0 aromatic heterocycles. The molecule has 11 nitrogen and oxygen atoms in total. The number of carbonyl (C=O) groups excluding carboxylic acids is 4. The lowest BCUT2D eigenvalue weighted by molar-refractivity contribution is -0.196. The highest BCUT2D eigenvalue weighted by Gasteiger charge is 2.48. The Morgan fingerprint density at radius 3 is 2.34 bits per heavy atom. The fourth-order valence-corrected chi connectivity index (χ4v) is 4.77. The first-order chi connectivity index (χ1) is 19.9. The molecule has 2 fully saturated rings. The second-order valence-electron chi connectivity index (χ2n) is 9.92. The highest BCUT2D eigenvalue weighted by Crippen LogP contribution is 2.27. The lowest BCUT2D eigenvalue weighted by Crippen LogP contribution is -2.74. The number of ether oxygens (including phenoxy) is 1. The maximum absolute atomic E-state index is 13.1. The summed E-state index contributed by atoms with van der Waals surface area (Å²) in [6.45, 7) is 9.14. The van der Waals surface area contributed by atoms with E-state index in [-0.39, 0.29) is 18.4 Å². The zero-order valence-corrected chi connectivity index (χ0v) is 25.3. The van der Waals surface area contributed by atoms with E-state index in [1.807, 2.05) is 37.2 Å². The molecule has 2 N–H and O–H groups in total. The second-order valence-corrected chi connectivity index (χ2v) is 9.92. The molecular weight excluding hydrogens is 524 g/mol. The van der Waals surface area contributed by atoms with E-state index in [0.717, 1.165) is 51.6 Å².